The number of carbonyl (C=O) groups is 1. The highest BCUT2D eigenvalue weighted by Crippen LogP contribution is 2.38. The number of carbonyl (C=O) groups excluding carboxylic acids is 1. The number of piperidine rings is 1. The van der Waals surface area contributed by atoms with Gasteiger partial charge in [0, 0.05) is 32.0 Å². The summed E-state index contributed by atoms with van der Waals surface area (Å²) in [4.78, 5) is 21.2. The topological polar surface area (TPSA) is 54.9 Å². The Morgan fingerprint density at radius 3 is 2.68 bits per heavy atom. The Morgan fingerprint density at radius 1 is 1.21 bits per heavy atom. The molecule has 4 rings (SSSR count). The summed E-state index contributed by atoms with van der Waals surface area (Å²) in [6, 6.07) is 14.3. The predicted molar refractivity (Wildman–Crippen MR) is 108 cm³/mol. The van der Waals surface area contributed by atoms with Gasteiger partial charge < -0.3 is 19.3 Å². The van der Waals surface area contributed by atoms with E-state index in [0.717, 1.165) is 25.9 Å². The zero-order chi connectivity index (χ0) is 19.6. The lowest BCUT2D eigenvalue weighted by atomic mass is 9.87. The Balaban J connectivity index is 1.38. The molecule has 1 amide bonds. The summed E-state index contributed by atoms with van der Waals surface area (Å²) in [6.45, 7) is 2.12. The van der Waals surface area contributed by atoms with Crippen molar-refractivity contribution in [1.82, 2.24) is 9.88 Å². The molecule has 2 aromatic rings. The molecule has 0 saturated carbocycles. The van der Waals surface area contributed by atoms with E-state index < -0.39 is 0 Å². The number of amides is 1. The molecule has 28 heavy (non-hydrogen) atoms. The second-order valence-corrected chi connectivity index (χ2v) is 7.65. The number of methoxy groups -OCH3 is 1. The van der Waals surface area contributed by atoms with Crippen LogP contribution in [0.3, 0.4) is 0 Å². The fourth-order valence-corrected chi connectivity index (χ4v) is 4.30. The van der Waals surface area contributed by atoms with Crippen LogP contribution in [0.25, 0.3) is 0 Å². The molecule has 2 aliphatic rings. The van der Waals surface area contributed by atoms with Gasteiger partial charge in [-0.15, -0.1) is 0 Å². The van der Waals surface area contributed by atoms with Crippen molar-refractivity contribution in [2.24, 2.45) is 0 Å². The minimum atomic E-state index is -0.122. The Hall–Kier alpha value is -2.60. The molecule has 0 aliphatic carbocycles. The molecular formula is C22H27N3O3. The maximum absolute atomic E-state index is 12.9. The van der Waals surface area contributed by atoms with Gasteiger partial charge in [0.1, 0.15) is 5.56 Å². The van der Waals surface area contributed by atoms with Crippen molar-refractivity contribution in [2.45, 2.75) is 30.9 Å². The van der Waals surface area contributed by atoms with Gasteiger partial charge in [0.15, 0.2) is 0 Å². The molecule has 1 aromatic heterocycles. The second-order valence-electron chi connectivity index (χ2n) is 7.65. The molecule has 0 radical (unpaired) electrons. The van der Waals surface area contributed by atoms with E-state index in [-0.39, 0.29) is 11.5 Å². The van der Waals surface area contributed by atoms with Gasteiger partial charge >= 0.3 is 0 Å². The quantitative estimate of drug-likeness (QED) is 0.815. The summed E-state index contributed by atoms with van der Waals surface area (Å²) >= 11 is 0. The van der Waals surface area contributed by atoms with Crippen molar-refractivity contribution >= 4 is 11.6 Å². The van der Waals surface area contributed by atoms with E-state index >= 15 is 0 Å². The summed E-state index contributed by atoms with van der Waals surface area (Å²) in [5, 5.41) is 0. The second kappa shape index (κ2) is 7.80. The molecule has 2 fully saturated rings. The van der Waals surface area contributed by atoms with Crippen molar-refractivity contribution in [1.29, 1.82) is 0 Å². The zero-order valence-electron chi connectivity index (χ0n) is 16.5. The Labute approximate surface area is 166 Å². The van der Waals surface area contributed by atoms with Gasteiger partial charge in [0.25, 0.3) is 5.91 Å². The number of hydrogen-bond acceptors (Lipinski definition) is 5. The lowest BCUT2D eigenvalue weighted by Gasteiger charge is -2.39. The molecule has 1 spiro atoms. The fraction of sp³-hybridized carbons (Fsp3) is 0.455. The van der Waals surface area contributed by atoms with E-state index in [9.17, 15) is 4.79 Å². The van der Waals surface area contributed by atoms with Crippen LogP contribution in [-0.4, -0.2) is 61.3 Å². The highest BCUT2D eigenvalue weighted by molar-refractivity contribution is 5.96. The van der Waals surface area contributed by atoms with Crippen LogP contribution in [-0.2, 0) is 4.74 Å². The average molecular weight is 381 g/mol. The zero-order valence-corrected chi connectivity index (χ0v) is 16.5. The van der Waals surface area contributed by atoms with Crippen LogP contribution in [0.4, 0.5) is 5.69 Å². The Bertz CT molecular complexity index is 819. The molecular weight excluding hydrogens is 354 g/mol. The number of anilines is 1. The molecule has 6 heteroatoms. The number of rotatable bonds is 4. The third kappa shape index (κ3) is 3.56. The van der Waals surface area contributed by atoms with Crippen molar-refractivity contribution in [3.05, 3.63) is 54.2 Å². The van der Waals surface area contributed by atoms with E-state index in [4.69, 9.17) is 9.47 Å². The predicted octanol–water partition coefficient (Wildman–Crippen LogP) is 2.99. The van der Waals surface area contributed by atoms with Gasteiger partial charge in [-0.25, -0.2) is 4.98 Å². The third-order valence-corrected chi connectivity index (χ3v) is 6.06. The summed E-state index contributed by atoms with van der Waals surface area (Å²) in [5.74, 6) is 0.366. The number of benzene rings is 1. The first kappa shape index (κ1) is 18.7. The van der Waals surface area contributed by atoms with Crippen LogP contribution in [0, 0.1) is 0 Å². The summed E-state index contributed by atoms with van der Waals surface area (Å²) in [7, 11) is 3.68. The van der Waals surface area contributed by atoms with Crippen LogP contribution < -0.4 is 9.64 Å². The first-order valence-corrected chi connectivity index (χ1v) is 9.82. The largest absolute Gasteiger partial charge is 0.480 e. The number of para-hydroxylation sites is 1. The normalized spacial score (nSPS) is 20.9. The first-order chi connectivity index (χ1) is 13.6. The smallest absolute Gasteiger partial charge is 0.259 e. The Morgan fingerprint density at radius 2 is 1.96 bits per heavy atom. The van der Waals surface area contributed by atoms with E-state index in [0.29, 0.717) is 30.6 Å². The number of likely N-dealkylation sites (N-methyl/N-ethyl adjacent to an activating group) is 1. The van der Waals surface area contributed by atoms with E-state index in [1.165, 1.54) is 5.69 Å². The SMILES string of the molecule is COc1ncccc1C(=O)N1CCC2(CC1)CC(N(C)c1ccccc1)CO2. The maximum atomic E-state index is 12.9. The van der Waals surface area contributed by atoms with Gasteiger partial charge in [-0.05, 0) is 43.5 Å². The molecule has 2 saturated heterocycles. The monoisotopic (exact) mass is 381 g/mol. The molecule has 2 aliphatic heterocycles. The summed E-state index contributed by atoms with van der Waals surface area (Å²) < 4.78 is 11.5. The molecule has 6 nitrogen and oxygen atoms in total. The van der Waals surface area contributed by atoms with Crippen molar-refractivity contribution in [3.8, 4) is 5.88 Å². The molecule has 1 atom stereocenters. The molecule has 148 valence electrons. The Kier molecular flexibility index (Phi) is 5.22. The summed E-state index contributed by atoms with van der Waals surface area (Å²) in [6.07, 6.45) is 4.36. The average Bonchev–Trinajstić information content (AvgIpc) is 3.17. The standard InChI is InChI=1S/C22H27N3O3/c1-24(17-7-4-3-5-8-17)18-15-22(28-16-18)10-13-25(14-11-22)21(26)19-9-6-12-23-20(19)27-2/h3-9,12,18H,10-11,13-16H2,1-2H3. The van der Waals surface area contributed by atoms with Crippen LogP contribution >= 0.6 is 0 Å². The van der Waals surface area contributed by atoms with E-state index in [2.05, 4.69) is 41.2 Å². The van der Waals surface area contributed by atoms with Crippen LogP contribution in [0.1, 0.15) is 29.6 Å². The third-order valence-electron chi connectivity index (χ3n) is 6.06. The number of aromatic nitrogens is 1. The fourth-order valence-electron chi connectivity index (χ4n) is 4.30. The van der Waals surface area contributed by atoms with E-state index in [1.54, 1.807) is 25.4 Å². The molecule has 1 unspecified atom stereocenters. The molecule has 1 aromatic carbocycles. The van der Waals surface area contributed by atoms with Gasteiger partial charge in [0.05, 0.1) is 25.4 Å². The highest BCUT2D eigenvalue weighted by Gasteiger charge is 2.44. The maximum Gasteiger partial charge on any atom is 0.259 e. The minimum absolute atomic E-state index is 0.0178. The molecule has 0 bridgehead atoms. The van der Waals surface area contributed by atoms with E-state index in [1.807, 2.05) is 11.0 Å². The number of ether oxygens (including phenoxy) is 2. The van der Waals surface area contributed by atoms with Crippen molar-refractivity contribution in [2.75, 3.05) is 38.8 Å². The van der Waals surface area contributed by atoms with Gasteiger partial charge in [-0.3, -0.25) is 4.79 Å². The van der Waals surface area contributed by atoms with Crippen molar-refractivity contribution < 1.29 is 14.3 Å². The number of nitrogens with zero attached hydrogens (tertiary/aromatic N) is 3. The molecule has 3 heterocycles. The molecule has 0 N–H and O–H groups in total. The van der Waals surface area contributed by atoms with Crippen LogP contribution in [0.2, 0.25) is 0 Å². The van der Waals surface area contributed by atoms with Gasteiger partial charge in [-0.2, -0.15) is 0 Å². The lowest BCUT2D eigenvalue weighted by Crippen LogP contribution is -2.47. The van der Waals surface area contributed by atoms with Gasteiger partial charge in [0.2, 0.25) is 5.88 Å². The number of pyridine rings is 1. The van der Waals surface area contributed by atoms with Crippen molar-refractivity contribution in [3.63, 3.8) is 0 Å². The number of likely N-dealkylation sites (tertiary alicyclic amines) is 1. The summed E-state index contributed by atoms with van der Waals surface area (Å²) in [5.41, 5.74) is 1.61. The first-order valence-electron chi connectivity index (χ1n) is 9.82. The highest BCUT2D eigenvalue weighted by atomic mass is 16.5. The minimum Gasteiger partial charge on any atom is -0.480 e. The number of hydrogen-bond donors (Lipinski definition) is 0. The van der Waals surface area contributed by atoms with Crippen LogP contribution in [0.15, 0.2) is 48.7 Å². The van der Waals surface area contributed by atoms with Gasteiger partial charge in [-0.1, -0.05) is 18.2 Å². The lowest BCUT2D eigenvalue weighted by molar-refractivity contribution is -0.0389. The van der Waals surface area contributed by atoms with Crippen LogP contribution in [0.5, 0.6) is 5.88 Å².